The van der Waals surface area contributed by atoms with Crippen LogP contribution in [-0.2, 0) is 20.0 Å². The fourth-order valence-electron chi connectivity index (χ4n) is 1.56. The fraction of sp³-hybridized carbons (Fsp3) is 0.500. The number of hydrogen-bond donors (Lipinski definition) is 0. The lowest BCUT2D eigenvalue weighted by molar-refractivity contribution is -0.109. The lowest BCUT2D eigenvalue weighted by Gasteiger charge is -2.16. The van der Waals surface area contributed by atoms with E-state index < -0.39 is 0 Å². The molecule has 1 rings (SSSR count). The standard InChI is InChI=1S/C14H20O5S2/c1-10(15)21-7-11-5-12(18-8-16-2)14(20-4)13(6-11)19-9-17-3/h5-6H,7-9H2,1-4H3. The van der Waals surface area contributed by atoms with E-state index in [2.05, 4.69) is 0 Å². The average Bonchev–Trinajstić information content (AvgIpc) is 2.48. The maximum absolute atomic E-state index is 11.1. The molecule has 118 valence electrons. The van der Waals surface area contributed by atoms with Crippen LogP contribution in [0, 0.1) is 0 Å². The van der Waals surface area contributed by atoms with Crippen LogP contribution in [0.5, 0.6) is 11.5 Å². The van der Waals surface area contributed by atoms with E-state index in [0.29, 0.717) is 17.3 Å². The molecule has 0 aliphatic heterocycles. The van der Waals surface area contributed by atoms with Crippen molar-refractivity contribution in [2.24, 2.45) is 0 Å². The normalized spacial score (nSPS) is 10.5. The molecule has 0 radical (unpaired) electrons. The Morgan fingerprint density at radius 2 is 1.62 bits per heavy atom. The molecule has 0 heterocycles. The Bertz CT molecular complexity index is 436. The summed E-state index contributed by atoms with van der Waals surface area (Å²) in [6.07, 6.45) is 1.94. The van der Waals surface area contributed by atoms with E-state index in [9.17, 15) is 4.79 Å². The first-order valence-corrected chi connectivity index (χ1v) is 8.41. The van der Waals surface area contributed by atoms with Crippen LogP contribution < -0.4 is 9.47 Å². The molecule has 0 aliphatic carbocycles. The summed E-state index contributed by atoms with van der Waals surface area (Å²) < 4.78 is 21.1. The summed E-state index contributed by atoms with van der Waals surface area (Å²) in [6, 6.07) is 3.81. The molecular weight excluding hydrogens is 312 g/mol. The highest BCUT2D eigenvalue weighted by atomic mass is 32.2. The number of carbonyl (C=O) groups excluding carboxylic acids is 1. The summed E-state index contributed by atoms with van der Waals surface area (Å²) in [6.45, 7) is 1.85. The molecule has 0 fully saturated rings. The van der Waals surface area contributed by atoms with Gasteiger partial charge in [0.05, 0.1) is 4.90 Å². The van der Waals surface area contributed by atoms with Gasteiger partial charge in [-0.25, -0.2) is 0 Å². The van der Waals surface area contributed by atoms with Crippen molar-refractivity contribution in [3.05, 3.63) is 17.7 Å². The molecule has 0 unspecified atom stereocenters. The van der Waals surface area contributed by atoms with Crippen LogP contribution in [0.3, 0.4) is 0 Å². The Morgan fingerprint density at radius 3 is 2.00 bits per heavy atom. The lowest BCUT2D eigenvalue weighted by Crippen LogP contribution is -2.05. The Kier molecular flexibility index (Phi) is 8.60. The Hall–Kier alpha value is -0.890. The molecule has 0 atom stereocenters. The van der Waals surface area contributed by atoms with Crippen molar-refractivity contribution in [1.82, 2.24) is 0 Å². The highest BCUT2D eigenvalue weighted by molar-refractivity contribution is 8.12. The van der Waals surface area contributed by atoms with Crippen LogP contribution in [0.15, 0.2) is 17.0 Å². The molecule has 0 N–H and O–H groups in total. The minimum Gasteiger partial charge on any atom is -0.466 e. The SMILES string of the molecule is COCOc1cc(CSC(C)=O)cc(OCOC)c1SC. The molecule has 0 saturated carbocycles. The predicted octanol–water partition coefficient (Wildman–Crippen LogP) is 3.15. The van der Waals surface area contributed by atoms with Crippen molar-refractivity contribution in [3.8, 4) is 11.5 Å². The smallest absolute Gasteiger partial charge is 0.188 e. The minimum atomic E-state index is 0.0719. The molecule has 0 amide bonds. The number of thioether (sulfide) groups is 2. The Balaban J connectivity index is 3.05. The second-order valence-electron chi connectivity index (χ2n) is 4.01. The van der Waals surface area contributed by atoms with E-state index in [0.717, 1.165) is 10.5 Å². The van der Waals surface area contributed by atoms with Gasteiger partial charge in [0, 0.05) is 26.9 Å². The van der Waals surface area contributed by atoms with E-state index in [4.69, 9.17) is 18.9 Å². The summed E-state index contributed by atoms with van der Waals surface area (Å²) in [4.78, 5) is 12.0. The Morgan fingerprint density at radius 1 is 1.10 bits per heavy atom. The molecule has 21 heavy (non-hydrogen) atoms. The van der Waals surface area contributed by atoms with Crippen LogP contribution in [0.4, 0.5) is 0 Å². The summed E-state index contributed by atoms with van der Waals surface area (Å²) in [5.41, 5.74) is 0.949. The largest absolute Gasteiger partial charge is 0.466 e. The zero-order chi connectivity index (χ0) is 15.7. The monoisotopic (exact) mass is 332 g/mol. The second-order valence-corrected chi connectivity index (χ2v) is 5.98. The third kappa shape index (κ3) is 6.17. The van der Waals surface area contributed by atoms with Gasteiger partial charge in [0.25, 0.3) is 0 Å². The zero-order valence-corrected chi connectivity index (χ0v) is 14.3. The van der Waals surface area contributed by atoms with Crippen molar-refractivity contribution in [1.29, 1.82) is 0 Å². The molecule has 0 spiro atoms. The highest BCUT2D eigenvalue weighted by Gasteiger charge is 2.14. The molecule has 0 aliphatic rings. The number of methoxy groups -OCH3 is 2. The van der Waals surface area contributed by atoms with Gasteiger partial charge in [-0.05, 0) is 24.0 Å². The van der Waals surface area contributed by atoms with Crippen molar-refractivity contribution < 1.29 is 23.7 Å². The van der Waals surface area contributed by atoms with Crippen LogP contribution in [-0.4, -0.2) is 39.2 Å². The molecule has 0 bridgehead atoms. The molecule has 5 nitrogen and oxygen atoms in total. The van der Waals surface area contributed by atoms with Gasteiger partial charge in [-0.1, -0.05) is 11.8 Å². The summed E-state index contributed by atoms with van der Waals surface area (Å²) >= 11 is 2.76. The van der Waals surface area contributed by atoms with Gasteiger partial charge in [-0.15, -0.1) is 11.8 Å². The second kappa shape index (κ2) is 9.94. The summed E-state index contributed by atoms with van der Waals surface area (Å²) in [7, 11) is 3.13. The third-order valence-electron chi connectivity index (χ3n) is 2.39. The number of hydrogen-bond acceptors (Lipinski definition) is 7. The van der Waals surface area contributed by atoms with E-state index in [1.807, 2.05) is 18.4 Å². The number of ether oxygens (including phenoxy) is 4. The van der Waals surface area contributed by atoms with Crippen LogP contribution in [0.25, 0.3) is 0 Å². The third-order valence-corrected chi connectivity index (χ3v) is 4.09. The van der Waals surface area contributed by atoms with Crippen molar-refractivity contribution in [3.63, 3.8) is 0 Å². The van der Waals surface area contributed by atoms with E-state index in [1.54, 1.807) is 21.1 Å². The topological polar surface area (TPSA) is 54.0 Å². The molecular formula is C14H20O5S2. The zero-order valence-electron chi connectivity index (χ0n) is 12.6. The van der Waals surface area contributed by atoms with Gasteiger partial charge in [-0.2, -0.15) is 0 Å². The average molecular weight is 332 g/mol. The summed E-state index contributed by atoms with van der Waals surface area (Å²) in [5.74, 6) is 1.92. The van der Waals surface area contributed by atoms with Gasteiger partial charge in [0.2, 0.25) is 0 Å². The van der Waals surface area contributed by atoms with Gasteiger partial charge in [0.1, 0.15) is 11.5 Å². The first kappa shape index (κ1) is 18.2. The van der Waals surface area contributed by atoms with E-state index >= 15 is 0 Å². The number of carbonyl (C=O) groups is 1. The Labute approximate surface area is 133 Å². The number of rotatable bonds is 9. The van der Waals surface area contributed by atoms with Crippen LogP contribution >= 0.6 is 23.5 Å². The highest BCUT2D eigenvalue weighted by Crippen LogP contribution is 2.39. The molecule has 1 aromatic carbocycles. The maximum atomic E-state index is 11.1. The number of benzene rings is 1. The van der Waals surface area contributed by atoms with E-state index in [1.165, 1.54) is 23.5 Å². The van der Waals surface area contributed by atoms with E-state index in [-0.39, 0.29) is 18.7 Å². The molecule has 7 heteroatoms. The maximum Gasteiger partial charge on any atom is 0.188 e. The van der Waals surface area contributed by atoms with Crippen molar-refractivity contribution >= 4 is 28.6 Å². The molecule has 0 saturated heterocycles. The van der Waals surface area contributed by atoms with Crippen molar-refractivity contribution in [2.45, 2.75) is 17.6 Å². The minimum absolute atomic E-state index is 0.0719. The van der Waals surface area contributed by atoms with Crippen LogP contribution in [0.2, 0.25) is 0 Å². The van der Waals surface area contributed by atoms with Crippen molar-refractivity contribution in [2.75, 3.05) is 34.1 Å². The van der Waals surface area contributed by atoms with Gasteiger partial charge in [0.15, 0.2) is 18.7 Å². The summed E-state index contributed by atoms with van der Waals surface area (Å²) in [5, 5.41) is 0.0719. The van der Waals surface area contributed by atoms with Gasteiger partial charge >= 0.3 is 0 Å². The quantitative estimate of drug-likeness (QED) is 0.508. The first-order valence-electron chi connectivity index (χ1n) is 6.20. The van der Waals surface area contributed by atoms with Crippen LogP contribution in [0.1, 0.15) is 12.5 Å². The molecule has 0 aromatic heterocycles. The first-order chi connectivity index (χ1) is 10.1. The van der Waals surface area contributed by atoms with Gasteiger partial charge in [-0.3, -0.25) is 4.79 Å². The fourth-order valence-corrected chi connectivity index (χ4v) is 2.73. The van der Waals surface area contributed by atoms with Gasteiger partial charge < -0.3 is 18.9 Å². The lowest BCUT2D eigenvalue weighted by atomic mass is 10.2. The predicted molar refractivity (Wildman–Crippen MR) is 85.2 cm³/mol. The molecule has 1 aromatic rings.